The molecule has 0 aromatic rings. The van der Waals surface area contributed by atoms with Crippen molar-refractivity contribution in [3.05, 3.63) is 0 Å². The number of nitriles is 1. The van der Waals surface area contributed by atoms with E-state index in [4.69, 9.17) is 4.74 Å². The fraction of sp³-hybridized carbons (Fsp3) is 0.833. The fourth-order valence-electron chi connectivity index (χ4n) is 4.05. The van der Waals surface area contributed by atoms with Crippen molar-refractivity contribution in [1.29, 1.82) is 5.26 Å². The predicted octanol–water partition coefficient (Wildman–Crippen LogP) is 1.21. The van der Waals surface area contributed by atoms with Crippen LogP contribution in [-0.2, 0) is 14.3 Å². The van der Waals surface area contributed by atoms with E-state index in [1.807, 2.05) is 0 Å². The smallest absolute Gasteiger partial charge is 0.243 e. The van der Waals surface area contributed by atoms with E-state index in [2.05, 4.69) is 11.0 Å². The molecule has 24 heavy (non-hydrogen) atoms. The molecule has 0 saturated carbocycles. The van der Waals surface area contributed by atoms with Gasteiger partial charge in [-0.15, -0.1) is 0 Å². The summed E-state index contributed by atoms with van der Waals surface area (Å²) < 4.78 is 5.41. The molecule has 0 N–H and O–H groups in total. The molecule has 3 aliphatic rings. The lowest BCUT2D eigenvalue weighted by atomic mass is 9.77. The van der Waals surface area contributed by atoms with Crippen molar-refractivity contribution < 1.29 is 14.3 Å². The predicted molar refractivity (Wildman–Crippen MR) is 88.1 cm³/mol. The molecule has 0 atom stereocenters. The van der Waals surface area contributed by atoms with E-state index in [9.17, 15) is 14.9 Å². The Bertz CT molecular complexity index is 504. The highest BCUT2D eigenvalue weighted by molar-refractivity contribution is 5.88. The summed E-state index contributed by atoms with van der Waals surface area (Å²) in [6.45, 7) is 5.34. The monoisotopic (exact) mass is 333 g/mol. The molecule has 0 aromatic heterocycles. The molecule has 3 aliphatic heterocycles. The molecular formula is C18H27N3O3. The van der Waals surface area contributed by atoms with Gasteiger partial charge in [-0.1, -0.05) is 0 Å². The lowest BCUT2D eigenvalue weighted by Crippen LogP contribution is -2.52. The molecule has 0 radical (unpaired) electrons. The van der Waals surface area contributed by atoms with Crippen molar-refractivity contribution in [1.82, 2.24) is 9.80 Å². The SMILES string of the molecule is N#CC1(C(=O)N2CCC(=O)CC2)CCN(CC2CCOCC2)CC1. The highest BCUT2D eigenvalue weighted by Gasteiger charge is 2.44. The summed E-state index contributed by atoms with van der Waals surface area (Å²) >= 11 is 0. The summed E-state index contributed by atoms with van der Waals surface area (Å²) in [5, 5.41) is 9.70. The van der Waals surface area contributed by atoms with Crippen LogP contribution < -0.4 is 0 Å². The second-order valence-electron chi connectivity index (χ2n) is 7.38. The molecule has 3 fully saturated rings. The van der Waals surface area contributed by atoms with Gasteiger partial charge in [0.15, 0.2) is 0 Å². The van der Waals surface area contributed by atoms with Gasteiger partial charge in [0.1, 0.15) is 11.2 Å². The van der Waals surface area contributed by atoms with Crippen LogP contribution >= 0.6 is 0 Å². The number of Topliss-reactive ketones (excluding diaryl/α,β-unsaturated/α-hetero) is 1. The first kappa shape index (κ1) is 17.4. The number of ketones is 1. The molecule has 3 rings (SSSR count). The zero-order valence-electron chi connectivity index (χ0n) is 14.3. The molecule has 6 nitrogen and oxygen atoms in total. The molecule has 3 saturated heterocycles. The topological polar surface area (TPSA) is 73.6 Å². The van der Waals surface area contributed by atoms with E-state index in [-0.39, 0.29) is 11.7 Å². The molecule has 0 unspecified atom stereocenters. The van der Waals surface area contributed by atoms with Crippen LogP contribution in [0.4, 0.5) is 0 Å². The summed E-state index contributed by atoms with van der Waals surface area (Å²) in [4.78, 5) is 28.4. The summed E-state index contributed by atoms with van der Waals surface area (Å²) in [5.41, 5.74) is -0.882. The largest absolute Gasteiger partial charge is 0.381 e. The Balaban J connectivity index is 1.54. The quantitative estimate of drug-likeness (QED) is 0.776. The Hall–Kier alpha value is -1.45. The molecular weight excluding hydrogens is 306 g/mol. The summed E-state index contributed by atoms with van der Waals surface area (Å²) in [7, 11) is 0. The average Bonchev–Trinajstić information content (AvgIpc) is 2.63. The minimum atomic E-state index is -0.882. The van der Waals surface area contributed by atoms with Gasteiger partial charge in [-0.2, -0.15) is 5.26 Å². The fourth-order valence-corrected chi connectivity index (χ4v) is 4.05. The second-order valence-corrected chi connectivity index (χ2v) is 7.38. The van der Waals surface area contributed by atoms with Gasteiger partial charge in [0, 0.05) is 58.8 Å². The Morgan fingerprint density at radius 3 is 2.38 bits per heavy atom. The average molecular weight is 333 g/mol. The van der Waals surface area contributed by atoms with E-state index in [1.54, 1.807) is 4.90 Å². The number of hydrogen-bond donors (Lipinski definition) is 0. The Morgan fingerprint density at radius 2 is 1.79 bits per heavy atom. The van der Waals surface area contributed by atoms with Crippen LogP contribution in [-0.4, -0.2) is 67.4 Å². The lowest BCUT2D eigenvalue weighted by Gasteiger charge is -2.41. The first-order valence-electron chi connectivity index (χ1n) is 9.15. The molecule has 0 aliphatic carbocycles. The van der Waals surface area contributed by atoms with E-state index in [1.165, 1.54) is 0 Å². The van der Waals surface area contributed by atoms with Crippen LogP contribution in [0.5, 0.6) is 0 Å². The van der Waals surface area contributed by atoms with Crippen LogP contribution in [0, 0.1) is 22.7 Å². The zero-order chi connectivity index (χ0) is 17.0. The molecule has 0 bridgehead atoms. The van der Waals surface area contributed by atoms with Crippen molar-refractivity contribution in [2.75, 3.05) is 45.9 Å². The molecule has 1 amide bonds. The molecule has 6 heteroatoms. The Labute approximate surface area is 143 Å². The number of carbonyl (C=O) groups excluding carboxylic acids is 2. The maximum Gasteiger partial charge on any atom is 0.243 e. The lowest BCUT2D eigenvalue weighted by molar-refractivity contribution is -0.143. The first-order valence-corrected chi connectivity index (χ1v) is 9.15. The number of amides is 1. The van der Waals surface area contributed by atoms with Crippen LogP contribution in [0.3, 0.4) is 0 Å². The third-order valence-corrected chi connectivity index (χ3v) is 5.80. The maximum atomic E-state index is 12.9. The molecule has 132 valence electrons. The van der Waals surface area contributed by atoms with Crippen molar-refractivity contribution in [3.63, 3.8) is 0 Å². The zero-order valence-corrected chi connectivity index (χ0v) is 14.3. The summed E-state index contributed by atoms with van der Waals surface area (Å²) in [5.74, 6) is 0.844. The number of hydrogen-bond acceptors (Lipinski definition) is 5. The number of carbonyl (C=O) groups is 2. The van der Waals surface area contributed by atoms with E-state index < -0.39 is 5.41 Å². The highest BCUT2D eigenvalue weighted by Crippen LogP contribution is 2.34. The minimum Gasteiger partial charge on any atom is -0.381 e. The Morgan fingerprint density at radius 1 is 1.17 bits per heavy atom. The van der Waals surface area contributed by atoms with Gasteiger partial charge < -0.3 is 14.5 Å². The molecule has 0 spiro atoms. The van der Waals surface area contributed by atoms with Gasteiger partial charge in [-0.25, -0.2) is 0 Å². The maximum absolute atomic E-state index is 12.9. The van der Waals surface area contributed by atoms with Gasteiger partial charge in [0.05, 0.1) is 6.07 Å². The van der Waals surface area contributed by atoms with Gasteiger partial charge in [-0.05, 0) is 31.6 Å². The van der Waals surface area contributed by atoms with E-state index in [0.717, 1.165) is 45.7 Å². The number of nitrogens with zero attached hydrogens (tertiary/aromatic N) is 3. The standard InChI is InChI=1S/C18H27N3O3/c19-14-18(17(23)21-7-1-16(22)2-8-21)5-9-20(10-6-18)13-15-3-11-24-12-4-15/h15H,1-13H2. The molecule has 3 heterocycles. The Kier molecular flexibility index (Phi) is 5.52. The van der Waals surface area contributed by atoms with Crippen molar-refractivity contribution in [3.8, 4) is 6.07 Å². The van der Waals surface area contributed by atoms with E-state index in [0.29, 0.717) is 44.7 Å². The van der Waals surface area contributed by atoms with Crippen LogP contribution in [0.25, 0.3) is 0 Å². The van der Waals surface area contributed by atoms with Crippen LogP contribution in [0.15, 0.2) is 0 Å². The van der Waals surface area contributed by atoms with E-state index >= 15 is 0 Å². The molecule has 0 aromatic carbocycles. The van der Waals surface area contributed by atoms with Crippen molar-refractivity contribution in [2.45, 2.75) is 38.5 Å². The third kappa shape index (κ3) is 3.79. The minimum absolute atomic E-state index is 0.0526. The number of likely N-dealkylation sites (tertiary alicyclic amines) is 2. The van der Waals surface area contributed by atoms with Crippen molar-refractivity contribution in [2.24, 2.45) is 11.3 Å². The highest BCUT2D eigenvalue weighted by atomic mass is 16.5. The number of rotatable bonds is 3. The summed E-state index contributed by atoms with van der Waals surface area (Å²) in [6, 6.07) is 2.33. The third-order valence-electron chi connectivity index (χ3n) is 5.80. The number of piperidine rings is 2. The van der Waals surface area contributed by atoms with Gasteiger partial charge >= 0.3 is 0 Å². The van der Waals surface area contributed by atoms with Gasteiger partial charge in [-0.3, -0.25) is 9.59 Å². The van der Waals surface area contributed by atoms with Crippen molar-refractivity contribution >= 4 is 11.7 Å². The summed E-state index contributed by atoms with van der Waals surface area (Å²) in [6.07, 6.45) is 4.31. The van der Waals surface area contributed by atoms with Gasteiger partial charge in [0.25, 0.3) is 0 Å². The van der Waals surface area contributed by atoms with Crippen LogP contribution in [0.2, 0.25) is 0 Å². The normalized spacial score (nSPS) is 26.1. The van der Waals surface area contributed by atoms with Crippen LogP contribution in [0.1, 0.15) is 38.5 Å². The second kappa shape index (κ2) is 7.62. The first-order chi connectivity index (χ1) is 11.6. The van der Waals surface area contributed by atoms with Gasteiger partial charge in [0.2, 0.25) is 5.91 Å². The number of ether oxygens (including phenoxy) is 1.